The summed E-state index contributed by atoms with van der Waals surface area (Å²) < 4.78 is 5.70. The summed E-state index contributed by atoms with van der Waals surface area (Å²) in [6, 6.07) is 3.50. The average molecular weight is 1020 g/mol. The summed E-state index contributed by atoms with van der Waals surface area (Å²) in [5.74, 6) is -10.9. The van der Waals surface area contributed by atoms with E-state index < -0.39 is 133 Å². The van der Waals surface area contributed by atoms with E-state index in [1.807, 2.05) is 0 Å². The van der Waals surface area contributed by atoms with Gasteiger partial charge >= 0.3 is 11.9 Å². The average Bonchev–Trinajstić information content (AvgIpc) is 3.77. The molecule has 1 aliphatic rings. The fourth-order valence-electron chi connectivity index (χ4n) is 7.80. The molecule has 1 heterocycles. The van der Waals surface area contributed by atoms with E-state index in [9.17, 15) is 67.7 Å². The smallest absolute Gasteiger partial charge is 0.305 e. The monoisotopic (exact) mass is 1020 g/mol. The number of likely N-dealkylation sites (N-methyl/N-ethyl adjacent to an activating group) is 1. The third kappa shape index (κ3) is 19.5. The second-order valence-corrected chi connectivity index (χ2v) is 17.7. The van der Waals surface area contributed by atoms with Gasteiger partial charge in [-0.3, -0.25) is 57.5 Å². The lowest BCUT2D eigenvalue weighted by molar-refractivity contribution is -0.148. The lowest BCUT2D eigenvalue weighted by Gasteiger charge is -2.35. The molecule has 2 aromatic carbocycles. The first-order chi connectivity index (χ1) is 34.4. The molecule has 0 unspecified atom stereocenters. The SMILES string of the molecule is CC(C)C[C@H](NC(=O)[C@H](CCN)NC(=O)[C@H](CC(=O)O)NC(=O)[C@H](CC(N)=O)NC(=O)CCNC(=O)c1ccc(Oc2ccc(C(N)=O)cc2)cc1)C(=O)N(C)[C@@H](CCC(=O)O)C(=O)N1CCC[C@H]1CC(N)=O. The van der Waals surface area contributed by atoms with E-state index in [1.54, 1.807) is 13.8 Å². The van der Waals surface area contributed by atoms with Gasteiger partial charge in [-0.2, -0.15) is 0 Å². The van der Waals surface area contributed by atoms with Crippen molar-refractivity contribution >= 4 is 71.0 Å². The first kappa shape index (κ1) is 59.2. The first-order valence-corrected chi connectivity index (χ1v) is 23.3. The van der Waals surface area contributed by atoms with Crippen molar-refractivity contribution in [1.82, 2.24) is 36.4 Å². The van der Waals surface area contributed by atoms with Crippen LogP contribution in [0, 0.1) is 5.92 Å². The fraction of sp³-hybridized carbons (Fsp3) is 0.489. The third-order valence-electron chi connectivity index (χ3n) is 11.4. The normalized spacial score (nSPS) is 15.0. The Hall–Kier alpha value is -8.16. The fourth-order valence-corrected chi connectivity index (χ4v) is 7.80. The summed E-state index contributed by atoms with van der Waals surface area (Å²) >= 11 is 0. The topological polar surface area (TPSA) is 425 Å². The molecule has 10 amide bonds. The van der Waals surface area contributed by atoms with Gasteiger partial charge in [0, 0.05) is 56.6 Å². The van der Waals surface area contributed by atoms with E-state index in [1.165, 1.54) is 60.5 Å². The molecule has 1 aliphatic heterocycles. The molecule has 1 fully saturated rings. The summed E-state index contributed by atoms with van der Waals surface area (Å²) in [7, 11) is 1.27. The largest absolute Gasteiger partial charge is 0.481 e. The predicted octanol–water partition coefficient (Wildman–Crippen LogP) is -2.06. The molecule has 0 spiro atoms. The van der Waals surface area contributed by atoms with Crippen molar-refractivity contribution in [2.24, 2.45) is 28.9 Å². The molecule has 73 heavy (non-hydrogen) atoms. The highest BCUT2D eigenvalue weighted by atomic mass is 16.5. The number of benzene rings is 2. The van der Waals surface area contributed by atoms with Gasteiger partial charge in [-0.1, -0.05) is 13.8 Å². The van der Waals surface area contributed by atoms with Crippen molar-refractivity contribution < 1.29 is 72.5 Å². The van der Waals surface area contributed by atoms with E-state index in [0.29, 0.717) is 24.3 Å². The number of hydrogen-bond donors (Lipinski definition) is 11. The highest BCUT2D eigenvalue weighted by molar-refractivity contribution is 5.99. The number of hydrogen-bond acceptors (Lipinski definition) is 14. The Balaban J connectivity index is 1.69. The standard InChI is InChI=1S/C47H65N11O15/c1-25(2)21-34(46(71)57(3)35(14-15-39(62)63)47(72)58-20-4-5-28(58)22-36(49)59)56-43(68)31(16-18-48)54-45(70)33(24-40(64)65)55-44(69)32(23-37(50)60)53-38(61)17-19-52-42(67)27-8-12-30(13-9-27)73-29-10-6-26(7-11-29)41(51)66/h6-13,25,28,31-35H,4-5,14-24,48H2,1-3H3,(H2,49,59)(H2,50,60)(H2,51,66)(H,52,67)(H,53,61)(H,54,70)(H,55,69)(H,56,68)(H,62,63)(H,64,65)/t28-,31-,32-,33-,34-,35-/m0/s1. The number of rotatable bonds is 30. The first-order valence-electron chi connectivity index (χ1n) is 23.3. The Kier molecular flexibility index (Phi) is 23.2. The lowest BCUT2D eigenvalue weighted by atomic mass is 9.99. The number of likely N-dealkylation sites (tertiary alicyclic amines) is 1. The second-order valence-electron chi connectivity index (χ2n) is 17.7. The summed E-state index contributed by atoms with van der Waals surface area (Å²) in [4.78, 5) is 156. The van der Waals surface area contributed by atoms with Gasteiger partial charge in [-0.25, -0.2) is 0 Å². The third-order valence-corrected chi connectivity index (χ3v) is 11.4. The number of nitrogens with one attached hydrogen (secondary N) is 5. The van der Waals surface area contributed by atoms with Gasteiger partial charge in [0.25, 0.3) is 5.91 Å². The van der Waals surface area contributed by atoms with Crippen molar-refractivity contribution in [3.63, 3.8) is 0 Å². The number of carboxylic acids is 2. The zero-order valence-corrected chi connectivity index (χ0v) is 40.8. The molecule has 0 aliphatic carbocycles. The van der Waals surface area contributed by atoms with Crippen LogP contribution in [-0.4, -0.2) is 154 Å². The van der Waals surface area contributed by atoms with Gasteiger partial charge in [0.1, 0.15) is 41.7 Å². The van der Waals surface area contributed by atoms with Crippen molar-refractivity contribution in [1.29, 1.82) is 0 Å². The van der Waals surface area contributed by atoms with E-state index in [2.05, 4.69) is 26.6 Å². The number of carbonyl (C=O) groups is 12. The van der Waals surface area contributed by atoms with Crippen LogP contribution < -0.4 is 54.3 Å². The van der Waals surface area contributed by atoms with Crippen molar-refractivity contribution in [2.45, 2.75) is 114 Å². The van der Waals surface area contributed by atoms with Crippen LogP contribution in [0.15, 0.2) is 48.5 Å². The molecule has 3 rings (SSSR count). The minimum atomic E-state index is -1.92. The number of carboxylic acid groups (broad SMARTS) is 2. The molecular weight excluding hydrogens is 959 g/mol. The van der Waals surface area contributed by atoms with E-state index in [-0.39, 0.29) is 62.4 Å². The highest BCUT2D eigenvalue weighted by Crippen LogP contribution is 2.25. The number of nitrogens with two attached hydrogens (primary N) is 4. The maximum Gasteiger partial charge on any atom is 0.305 e. The maximum atomic E-state index is 14.2. The van der Waals surface area contributed by atoms with Crippen molar-refractivity contribution in [3.8, 4) is 11.5 Å². The Labute approximate surface area is 420 Å². The van der Waals surface area contributed by atoms with Gasteiger partial charge in [0.05, 0.1) is 12.8 Å². The quantitative estimate of drug-likeness (QED) is 0.0401. The minimum Gasteiger partial charge on any atom is -0.481 e. The lowest BCUT2D eigenvalue weighted by Crippen LogP contribution is -2.60. The van der Waals surface area contributed by atoms with Crippen LogP contribution in [0.25, 0.3) is 0 Å². The van der Waals surface area contributed by atoms with Crippen LogP contribution in [0.5, 0.6) is 11.5 Å². The molecule has 0 bridgehead atoms. The van der Waals surface area contributed by atoms with Crippen LogP contribution in [0.3, 0.4) is 0 Å². The van der Waals surface area contributed by atoms with Crippen LogP contribution in [0.4, 0.5) is 0 Å². The summed E-state index contributed by atoms with van der Waals surface area (Å²) in [6.07, 6.45) is -2.52. The van der Waals surface area contributed by atoms with Crippen LogP contribution in [0.2, 0.25) is 0 Å². The van der Waals surface area contributed by atoms with Gasteiger partial charge in [0.15, 0.2) is 0 Å². The molecule has 6 atom stereocenters. The van der Waals surface area contributed by atoms with E-state index in [0.717, 1.165) is 4.90 Å². The minimum absolute atomic E-state index is 0.00766. The number of nitrogens with zero attached hydrogens (tertiary/aromatic N) is 2. The molecule has 26 nitrogen and oxygen atoms in total. The number of ether oxygens (including phenoxy) is 1. The number of primary amides is 3. The van der Waals surface area contributed by atoms with E-state index in [4.69, 9.17) is 27.7 Å². The molecule has 398 valence electrons. The molecule has 0 aromatic heterocycles. The van der Waals surface area contributed by atoms with Gasteiger partial charge in [-0.05, 0) is 93.1 Å². The Morgan fingerprint density at radius 3 is 1.77 bits per heavy atom. The zero-order valence-electron chi connectivity index (χ0n) is 40.8. The molecule has 26 heteroatoms. The Bertz CT molecular complexity index is 2350. The number of amides is 10. The maximum absolute atomic E-state index is 14.2. The Morgan fingerprint density at radius 1 is 0.699 bits per heavy atom. The number of aliphatic carboxylic acids is 2. The van der Waals surface area contributed by atoms with E-state index >= 15 is 0 Å². The second kappa shape index (κ2) is 28.6. The summed E-state index contributed by atoms with van der Waals surface area (Å²) in [6.45, 7) is 3.22. The van der Waals surface area contributed by atoms with Gasteiger partial charge in [-0.15, -0.1) is 0 Å². The van der Waals surface area contributed by atoms with Gasteiger partial charge in [0.2, 0.25) is 53.2 Å². The molecule has 1 saturated heterocycles. The number of carbonyl (C=O) groups excluding carboxylic acids is 10. The Morgan fingerprint density at radius 2 is 1.25 bits per heavy atom. The molecular formula is C47H65N11O15. The molecule has 0 radical (unpaired) electrons. The highest BCUT2D eigenvalue weighted by Gasteiger charge is 2.40. The van der Waals surface area contributed by atoms with Crippen molar-refractivity contribution in [2.75, 3.05) is 26.7 Å². The van der Waals surface area contributed by atoms with Crippen LogP contribution >= 0.6 is 0 Å². The van der Waals surface area contributed by atoms with Crippen molar-refractivity contribution in [3.05, 3.63) is 59.7 Å². The zero-order chi connectivity index (χ0) is 54.5. The summed E-state index contributed by atoms with van der Waals surface area (Å²) in [5.41, 5.74) is 22.2. The van der Waals surface area contributed by atoms with Crippen LogP contribution in [-0.2, 0) is 47.9 Å². The van der Waals surface area contributed by atoms with Crippen LogP contribution in [0.1, 0.15) is 98.8 Å². The molecule has 2 aromatic rings. The predicted molar refractivity (Wildman–Crippen MR) is 257 cm³/mol. The van der Waals surface area contributed by atoms with Gasteiger partial charge < -0.3 is 74.3 Å². The molecule has 15 N–H and O–H groups in total. The summed E-state index contributed by atoms with van der Waals surface area (Å²) in [5, 5.41) is 31.0. The molecule has 0 saturated carbocycles.